The molecule has 0 spiro atoms. The van der Waals surface area contributed by atoms with Crippen LogP contribution in [0.25, 0.3) is 33.6 Å². The highest BCUT2D eigenvalue weighted by Crippen LogP contribution is 2.42. The van der Waals surface area contributed by atoms with Gasteiger partial charge in [0.1, 0.15) is 17.3 Å². The summed E-state index contributed by atoms with van der Waals surface area (Å²) in [6, 6.07) is 11.2. The number of nitrogens with zero attached hydrogens (tertiary/aromatic N) is 3. The first kappa shape index (κ1) is 18.3. The molecule has 144 valence electrons. The molecule has 0 bridgehead atoms. The van der Waals surface area contributed by atoms with E-state index in [-0.39, 0.29) is 0 Å². The molecule has 29 heavy (non-hydrogen) atoms. The van der Waals surface area contributed by atoms with Crippen molar-refractivity contribution in [1.29, 1.82) is 5.26 Å². The van der Waals surface area contributed by atoms with Crippen LogP contribution in [0.2, 0.25) is 0 Å². The van der Waals surface area contributed by atoms with Crippen molar-refractivity contribution in [3.05, 3.63) is 54.5 Å². The lowest BCUT2D eigenvalue weighted by Gasteiger charge is -2.13. The second-order valence-corrected chi connectivity index (χ2v) is 6.17. The number of furan rings is 1. The summed E-state index contributed by atoms with van der Waals surface area (Å²) in [5.74, 6) is 2.17. The van der Waals surface area contributed by atoms with Crippen molar-refractivity contribution in [1.82, 2.24) is 9.97 Å². The minimum atomic E-state index is 0.476. The second-order valence-electron chi connectivity index (χ2n) is 6.17. The summed E-state index contributed by atoms with van der Waals surface area (Å²) >= 11 is 0. The Hall–Kier alpha value is -4.05. The van der Waals surface area contributed by atoms with Crippen LogP contribution in [0.3, 0.4) is 0 Å². The lowest BCUT2D eigenvalue weighted by molar-refractivity contribution is 0.324. The van der Waals surface area contributed by atoms with Crippen molar-refractivity contribution >= 4 is 11.1 Å². The summed E-state index contributed by atoms with van der Waals surface area (Å²) in [5, 5.41) is 9.16. The van der Waals surface area contributed by atoms with E-state index in [9.17, 15) is 0 Å². The summed E-state index contributed by atoms with van der Waals surface area (Å²) < 4.78 is 22.4. The molecular formula is C22H17N3O4. The van der Waals surface area contributed by atoms with Gasteiger partial charge in [0.25, 0.3) is 0 Å². The standard InChI is InChI=1S/C22H17N3O4/c1-26-19-7-14(8-20(27-2)22(19)28-3)18-9-17-21(29-18)16(4-5-25-17)15-6-13(10-23)11-24-12-15/h4-9,11-12H,1-3H3. The third-order valence-corrected chi connectivity index (χ3v) is 4.54. The van der Waals surface area contributed by atoms with E-state index < -0.39 is 0 Å². The molecule has 0 saturated heterocycles. The Morgan fingerprint density at radius 1 is 0.931 bits per heavy atom. The number of methoxy groups -OCH3 is 3. The number of benzene rings is 1. The first-order chi connectivity index (χ1) is 14.2. The monoisotopic (exact) mass is 387 g/mol. The SMILES string of the molecule is COc1cc(-c2cc3nccc(-c4cncc(C#N)c4)c3o2)cc(OC)c1OC. The van der Waals surface area contributed by atoms with Crippen molar-refractivity contribution in [2.45, 2.75) is 0 Å². The van der Waals surface area contributed by atoms with Gasteiger partial charge in [-0.1, -0.05) is 0 Å². The Morgan fingerprint density at radius 2 is 1.69 bits per heavy atom. The molecule has 0 N–H and O–H groups in total. The number of aromatic nitrogens is 2. The van der Waals surface area contributed by atoms with Crippen molar-refractivity contribution in [2.75, 3.05) is 21.3 Å². The molecule has 0 aliphatic rings. The van der Waals surface area contributed by atoms with E-state index in [1.807, 2.05) is 24.3 Å². The number of hydrogen-bond donors (Lipinski definition) is 0. The van der Waals surface area contributed by atoms with Crippen molar-refractivity contribution < 1.29 is 18.6 Å². The van der Waals surface area contributed by atoms with E-state index in [1.165, 1.54) is 6.20 Å². The van der Waals surface area contributed by atoms with E-state index in [0.29, 0.717) is 39.7 Å². The molecule has 4 rings (SSSR count). The molecule has 0 amide bonds. The molecule has 0 unspecified atom stereocenters. The van der Waals surface area contributed by atoms with E-state index in [2.05, 4.69) is 16.0 Å². The third kappa shape index (κ3) is 3.21. The highest BCUT2D eigenvalue weighted by Gasteiger charge is 2.18. The van der Waals surface area contributed by atoms with Crippen LogP contribution >= 0.6 is 0 Å². The molecule has 4 aromatic rings. The number of fused-ring (bicyclic) bond motifs is 1. The second kappa shape index (κ2) is 7.52. The zero-order valence-corrected chi connectivity index (χ0v) is 16.1. The Kier molecular flexibility index (Phi) is 4.75. The van der Waals surface area contributed by atoms with E-state index >= 15 is 0 Å². The molecule has 0 atom stereocenters. The quantitative estimate of drug-likeness (QED) is 0.499. The highest BCUT2D eigenvalue weighted by molar-refractivity contribution is 5.92. The maximum absolute atomic E-state index is 9.16. The maximum atomic E-state index is 9.16. The molecule has 3 heterocycles. The highest BCUT2D eigenvalue weighted by atomic mass is 16.5. The summed E-state index contributed by atoms with van der Waals surface area (Å²) in [6.45, 7) is 0. The van der Waals surface area contributed by atoms with Crippen LogP contribution < -0.4 is 14.2 Å². The Labute approximate surface area is 167 Å². The molecule has 1 aromatic carbocycles. The lowest BCUT2D eigenvalue weighted by atomic mass is 10.1. The Morgan fingerprint density at radius 3 is 2.34 bits per heavy atom. The molecule has 3 aromatic heterocycles. The van der Waals surface area contributed by atoms with Gasteiger partial charge in [0.2, 0.25) is 5.75 Å². The first-order valence-electron chi connectivity index (χ1n) is 8.73. The molecule has 0 radical (unpaired) electrons. The Balaban J connectivity index is 1.88. The molecule has 7 nitrogen and oxygen atoms in total. The van der Waals surface area contributed by atoms with Crippen molar-refractivity contribution in [3.63, 3.8) is 0 Å². The van der Waals surface area contributed by atoms with Crippen molar-refractivity contribution in [2.24, 2.45) is 0 Å². The smallest absolute Gasteiger partial charge is 0.203 e. The van der Waals surface area contributed by atoms with Gasteiger partial charge in [-0.3, -0.25) is 9.97 Å². The van der Waals surface area contributed by atoms with Crippen LogP contribution in [0.1, 0.15) is 5.56 Å². The van der Waals surface area contributed by atoms with Gasteiger partial charge in [0.05, 0.1) is 26.9 Å². The van der Waals surface area contributed by atoms with Gasteiger partial charge >= 0.3 is 0 Å². The van der Waals surface area contributed by atoms with E-state index in [0.717, 1.165) is 16.7 Å². The topological polar surface area (TPSA) is 90.4 Å². The normalized spacial score (nSPS) is 10.6. The minimum absolute atomic E-state index is 0.476. The number of pyridine rings is 2. The molecule has 0 aliphatic carbocycles. The number of ether oxygens (including phenoxy) is 3. The molecule has 7 heteroatoms. The van der Waals surface area contributed by atoms with Crippen LogP contribution in [0.4, 0.5) is 0 Å². The predicted molar refractivity (Wildman–Crippen MR) is 107 cm³/mol. The van der Waals surface area contributed by atoms with Crippen LogP contribution in [-0.4, -0.2) is 31.3 Å². The molecular weight excluding hydrogens is 370 g/mol. The average Bonchev–Trinajstić information content (AvgIpc) is 3.22. The first-order valence-corrected chi connectivity index (χ1v) is 8.73. The summed E-state index contributed by atoms with van der Waals surface area (Å²) in [6.07, 6.45) is 4.91. The van der Waals surface area contributed by atoms with Crippen LogP contribution in [-0.2, 0) is 0 Å². The van der Waals surface area contributed by atoms with Crippen LogP contribution in [0, 0.1) is 11.3 Å². The largest absolute Gasteiger partial charge is 0.493 e. The van der Waals surface area contributed by atoms with Crippen LogP contribution in [0.15, 0.2) is 53.3 Å². The zero-order valence-electron chi connectivity index (χ0n) is 16.1. The molecule has 0 aliphatic heterocycles. The predicted octanol–water partition coefficient (Wildman–Crippen LogP) is 4.45. The van der Waals surface area contributed by atoms with Crippen LogP contribution in [0.5, 0.6) is 17.2 Å². The lowest BCUT2D eigenvalue weighted by Crippen LogP contribution is -1.95. The van der Waals surface area contributed by atoms with E-state index in [1.54, 1.807) is 39.8 Å². The van der Waals surface area contributed by atoms with Gasteiger partial charge in [-0.05, 0) is 24.3 Å². The van der Waals surface area contributed by atoms with Gasteiger partial charge in [0.15, 0.2) is 17.1 Å². The maximum Gasteiger partial charge on any atom is 0.203 e. The summed E-state index contributed by atoms with van der Waals surface area (Å²) in [4.78, 5) is 8.55. The summed E-state index contributed by atoms with van der Waals surface area (Å²) in [7, 11) is 4.68. The van der Waals surface area contributed by atoms with Gasteiger partial charge in [0, 0.05) is 41.3 Å². The molecule has 0 fully saturated rings. The third-order valence-electron chi connectivity index (χ3n) is 4.54. The van der Waals surface area contributed by atoms with Crippen molar-refractivity contribution in [3.8, 4) is 45.8 Å². The van der Waals surface area contributed by atoms with E-state index in [4.69, 9.17) is 23.9 Å². The number of rotatable bonds is 5. The minimum Gasteiger partial charge on any atom is -0.493 e. The molecule has 0 saturated carbocycles. The fraction of sp³-hybridized carbons (Fsp3) is 0.136. The van der Waals surface area contributed by atoms with Gasteiger partial charge < -0.3 is 18.6 Å². The number of nitriles is 1. The zero-order chi connectivity index (χ0) is 20.4. The van der Waals surface area contributed by atoms with Gasteiger partial charge in [-0.15, -0.1) is 0 Å². The van der Waals surface area contributed by atoms with Gasteiger partial charge in [-0.25, -0.2) is 0 Å². The fourth-order valence-electron chi connectivity index (χ4n) is 3.18. The summed E-state index contributed by atoms with van der Waals surface area (Å²) in [5.41, 5.74) is 4.11. The van der Waals surface area contributed by atoms with Gasteiger partial charge in [-0.2, -0.15) is 5.26 Å². The average molecular weight is 387 g/mol. The number of hydrogen-bond acceptors (Lipinski definition) is 7. The fourth-order valence-corrected chi connectivity index (χ4v) is 3.18. The Bertz CT molecular complexity index is 1220.